The van der Waals surface area contributed by atoms with Gasteiger partial charge in [0.1, 0.15) is 5.69 Å². The molecule has 10 nitrogen and oxygen atoms in total. The number of nitrogens with zero attached hydrogens (tertiary/aromatic N) is 1. The Labute approximate surface area is 153 Å². The topological polar surface area (TPSA) is 154 Å². The van der Waals surface area contributed by atoms with Crippen molar-refractivity contribution in [2.45, 2.75) is 6.92 Å². The summed E-state index contributed by atoms with van der Waals surface area (Å²) in [6.07, 6.45) is 0. The molecule has 0 aromatic heterocycles. The van der Waals surface area contributed by atoms with Gasteiger partial charge in [-0.3, -0.25) is 19.7 Å². The summed E-state index contributed by atoms with van der Waals surface area (Å²) in [5.74, 6) is -1.71. The van der Waals surface area contributed by atoms with Crippen LogP contribution in [-0.2, 0) is 14.3 Å². The Hall–Kier alpha value is -3.95. The predicted octanol–water partition coefficient (Wildman–Crippen LogP) is 1.93. The monoisotopic (exact) mass is 372 g/mol. The number of hydrogen-bond acceptors (Lipinski definition) is 7. The maximum absolute atomic E-state index is 11.9. The molecule has 0 aliphatic rings. The second-order valence-corrected chi connectivity index (χ2v) is 5.41. The van der Waals surface area contributed by atoms with Crippen molar-refractivity contribution in [1.82, 2.24) is 0 Å². The summed E-state index contributed by atoms with van der Waals surface area (Å²) in [6, 6.07) is 9.78. The first kappa shape index (κ1) is 19.4. The first-order valence-electron chi connectivity index (χ1n) is 7.65. The molecule has 27 heavy (non-hydrogen) atoms. The third kappa shape index (κ3) is 5.53. The summed E-state index contributed by atoms with van der Waals surface area (Å²) in [5, 5.41) is 15.9. The lowest BCUT2D eigenvalue weighted by Crippen LogP contribution is -2.21. The molecule has 2 aromatic carbocycles. The van der Waals surface area contributed by atoms with Crippen molar-refractivity contribution in [3.05, 3.63) is 58.1 Å². The first-order valence-corrected chi connectivity index (χ1v) is 7.65. The van der Waals surface area contributed by atoms with Gasteiger partial charge in [0, 0.05) is 24.4 Å². The maximum atomic E-state index is 11.9. The minimum absolute atomic E-state index is 0.0861. The average molecular weight is 372 g/mol. The largest absolute Gasteiger partial charge is 0.452 e. The van der Waals surface area contributed by atoms with Crippen LogP contribution in [0, 0.1) is 10.1 Å². The molecule has 2 rings (SSSR count). The minimum Gasteiger partial charge on any atom is -0.452 e. The Morgan fingerprint density at radius 2 is 1.67 bits per heavy atom. The Morgan fingerprint density at radius 1 is 1.07 bits per heavy atom. The summed E-state index contributed by atoms with van der Waals surface area (Å²) in [6.45, 7) is 0.796. The highest BCUT2D eigenvalue weighted by Crippen LogP contribution is 2.22. The number of nitrogen functional groups attached to an aromatic ring is 1. The van der Waals surface area contributed by atoms with Gasteiger partial charge in [-0.2, -0.15) is 0 Å². The SMILES string of the molecule is CC(=O)Nc1ccc(NC(=O)COC(=O)c2ccc(N)c([N+](=O)[O-])c2)cc1. The molecule has 140 valence electrons. The molecule has 0 saturated carbocycles. The van der Waals surface area contributed by atoms with Gasteiger partial charge < -0.3 is 21.1 Å². The van der Waals surface area contributed by atoms with Crippen molar-refractivity contribution in [2.24, 2.45) is 0 Å². The normalized spacial score (nSPS) is 9.96. The van der Waals surface area contributed by atoms with Crippen molar-refractivity contribution in [1.29, 1.82) is 0 Å². The average Bonchev–Trinajstić information content (AvgIpc) is 2.61. The zero-order valence-corrected chi connectivity index (χ0v) is 14.2. The highest BCUT2D eigenvalue weighted by atomic mass is 16.6. The van der Waals surface area contributed by atoms with Crippen LogP contribution in [0.25, 0.3) is 0 Å². The highest BCUT2D eigenvalue weighted by molar-refractivity contribution is 5.96. The second-order valence-electron chi connectivity index (χ2n) is 5.41. The number of nitrogens with two attached hydrogens (primary N) is 1. The lowest BCUT2D eigenvalue weighted by atomic mass is 10.2. The Balaban J connectivity index is 1.91. The second kappa shape index (κ2) is 8.43. The van der Waals surface area contributed by atoms with E-state index in [0.717, 1.165) is 6.07 Å². The molecule has 0 fully saturated rings. The van der Waals surface area contributed by atoms with Crippen molar-refractivity contribution < 1.29 is 24.0 Å². The third-order valence-corrected chi connectivity index (χ3v) is 3.29. The predicted molar refractivity (Wildman–Crippen MR) is 97.2 cm³/mol. The number of ether oxygens (including phenoxy) is 1. The van der Waals surface area contributed by atoms with Crippen LogP contribution in [0.15, 0.2) is 42.5 Å². The zero-order chi connectivity index (χ0) is 20.0. The number of esters is 1. The molecule has 0 unspecified atom stereocenters. The zero-order valence-electron chi connectivity index (χ0n) is 14.2. The molecule has 0 aliphatic heterocycles. The number of nitro groups is 1. The number of benzene rings is 2. The molecule has 0 aliphatic carbocycles. The van der Waals surface area contributed by atoms with E-state index in [1.807, 2.05) is 0 Å². The van der Waals surface area contributed by atoms with Crippen molar-refractivity contribution in [3.8, 4) is 0 Å². The van der Waals surface area contributed by atoms with E-state index in [0.29, 0.717) is 11.4 Å². The van der Waals surface area contributed by atoms with Crippen molar-refractivity contribution in [3.63, 3.8) is 0 Å². The van der Waals surface area contributed by atoms with E-state index in [1.165, 1.54) is 19.1 Å². The molecule has 2 aromatic rings. The Bertz CT molecular complexity index is 895. The van der Waals surface area contributed by atoms with Crippen LogP contribution in [0.2, 0.25) is 0 Å². The van der Waals surface area contributed by atoms with Crippen LogP contribution in [0.4, 0.5) is 22.7 Å². The highest BCUT2D eigenvalue weighted by Gasteiger charge is 2.17. The number of anilines is 3. The number of rotatable bonds is 6. The molecule has 0 heterocycles. The van der Waals surface area contributed by atoms with Gasteiger partial charge in [0.2, 0.25) is 5.91 Å². The van der Waals surface area contributed by atoms with Gasteiger partial charge in [0.25, 0.3) is 11.6 Å². The Kier molecular flexibility index (Phi) is 6.05. The fourth-order valence-electron chi connectivity index (χ4n) is 2.08. The number of hydrogen-bond donors (Lipinski definition) is 3. The molecular formula is C17H16N4O6. The Morgan fingerprint density at radius 3 is 2.22 bits per heavy atom. The quantitative estimate of drug-likeness (QED) is 0.303. The van der Waals surface area contributed by atoms with Crippen LogP contribution < -0.4 is 16.4 Å². The van der Waals surface area contributed by atoms with E-state index >= 15 is 0 Å². The van der Waals surface area contributed by atoms with E-state index in [-0.39, 0.29) is 17.2 Å². The molecule has 0 saturated heterocycles. The van der Waals surface area contributed by atoms with Crippen LogP contribution in [0.5, 0.6) is 0 Å². The minimum atomic E-state index is -0.894. The smallest absolute Gasteiger partial charge is 0.338 e. The summed E-state index contributed by atoms with van der Waals surface area (Å²) in [4.78, 5) is 44.8. The van der Waals surface area contributed by atoms with E-state index in [1.54, 1.807) is 24.3 Å². The lowest BCUT2D eigenvalue weighted by Gasteiger charge is -2.08. The molecule has 4 N–H and O–H groups in total. The molecule has 2 amide bonds. The van der Waals surface area contributed by atoms with Crippen LogP contribution in [0.3, 0.4) is 0 Å². The van der Waals surface area contributed by atoms with E-state index in [4.69, 9.17) is 10.5 Å². The van der Waals surface area contributed by atoms with Crippen LogP contribution >= 0.6 is 0 Å². The fourth-order valence-corrected chi connectivity index (χ4v) is 2.08. The standard InChI is InChI=1S/C17H16N4O6/c1-10(22)19-12-3-5-13(6-4-12)20-16(23)9-27-17(24)11-2-7-14(18)15(8-11)21(25)26/h2-8H,9,18H2,1H3,(H,19,22)(H,20,23). The van der Waals surface area contributed by atoms with Crippen molar-refractivity contribution >= 4 is 40.5 Å². The number of nitrogens with one attached hydrogen (secondary N) is 2. The van der Waals surface area contributed by atoms with Crippen LogP contribution in [0.1, 0.15) is 17.3 Å². The van der Waals surface area contributed by atoms with Gasteiger partial charge in [0.15, 0.2) is 6.61 Å². The van der Waals surface area contributed by atoms with Crippen LogP contribution in [-0.4, -0.2) is 29.3 Å². The van der Waals surface area contributed by atoms with E-state index in [9.17, 15) is 24.5 Å². The van der Waals surface area contributed by atoms with Gasteiger partial charge in [-0.25, -0.2) is 4.79 Å². The summed E-state index contributed by atoms with van der Waals surface area (Å²) in [5.41, 5.74) is 5.86. The van der Waals surface area contributed by atoms with Gasteiger partial charge in [-0.1, -0.05) is 0 Å². The molecule has 10 heteroatoms. The summed E-state index contributed by atoms with van der Waals surface area (Å²) in [7, 11) is 0. The number of nitro benzene ring substituents is 1. The summed E-state index contributed by atoms with van der Waals surface area (Å²) < 4.78 is 4.84. The van der Waals surface area contributed by atoms with Gasteiger partial charge in [0.05, 0.1) is 10.5 Å². The first-order chi connectivity index (χ1) is 12.8. The molecule has 0 radical (unpaired) electrons. The maximum Gasteiger partial charge on any atom is 0.338 e. The van der Waals surface area contributed by atoms with E-state index < -0.39 is 29.1 Å². The molecule has 0 atom stereocenters. The van der Waals surface area contributed by atoms with Gasteiger partial charge in [-0.05, 0) is 36.4 Å². The van der Waals surface area contributed by atoms with Crippen molar-refractivity contribution in [2.75, 3.05) is 23.0 Å². The number of carbonyl (C=O) groups excluding carboxylic acids is 3. The van der Waals surface area contributed by atoms with Gasteiger partial charge in [-0.15, -0.1) is 0 Å². The molecule has 0 bridgehead atoms. The third-order valence-electron chi connectivity index (χ3n) is 3.29. The van der Waals surface area contributed by atoms with E-state index in [2.05, 4.69) is 10.6 Å². The molecule has 0 spiro atoms. The number of carbonyl (C=O) groups is 3. The fraction of sp³-hybridized carbons (Fsp3) is 0.118. The van der Waals surface area contributed by atoms with Gasteiger partial charge >= 0.3 is 5.97 Å². The lowest BCUT2D eigenvalue weighted by molar-refractivity contribution is -0.383. The molecular weight excluding hydrogens is 356 g/mol. The summed E-state index contributed by atoms with van der Waals surface area (Å²) >= 11 is 0. The number of amides is 2.